The smallest absolute Gasteiger partial charge is 0.338 e. The van der Waals surface area contributed by atoms with E-state index in [1.807, 2.05) is 4.90 Å². The normalized spacial score (nSPS) is 27.2. The number of carbonyl (C=O) groups is 2. The van der Waals surface area contributed by atoms with Crippen LogP contribution in [0.15, 0.2) is 18.2 Å². The Labute approximate surface area is 158 Å². The van der Waals surface area contributed by atoms with Crippen molar-refractivity contribution in [2.75, 3.05) is 13.2 Å². The summed E-state index contributed by atoms with van der Waals surface area (Å²) in [7, 11) is 0. The van der Waals surface area contributed by atoms with Crippen LogP contribution in [0.3, 0.4) is 0 Å². The lowest BCUT2D eigenvalue weighted by Gasteiger charge is -2.39. The zero-order valence-electron chi connectivity index (χ0n) is 14.8. The molecule has 6 heteroatoms. The molecule has 0 unspecified atom stereocenters. The van der Waals surface area contributed by atoms with E-state index in [1.165, 1.54) is 18.2 Å². The average molecular weight is 384 g/mol. The summed E-state index contributed by atoms with van der Waals surface area (Å²) in [6.07, 6.45) is 3.13. The van der Waals surface area contributed by atoms with Crippen LogP contribution in [0.5, 0.6) is 0 Å². The van der Waals surface area contributed by atoms with Crippen LogP contribution in [0, 0.1) is 10.8 Å². The van der Waals surface area contributed by atoms with Crippen molar-refractivity contribution in [1.29, 1.82) is 0 Å². The molecule has 0 spiro atoms. The van der Waals surface area contributed by atoms with Crippen LogP contribution in [0.2, 0.25) is 10.0 Å². The topological polar surface area (TPSA) is 46.6 Å². The molecule has 1 heterocycles. The van der Waals surface area contributed by atoms with Crippen molar-refractivity contribution in [3.63, 3.8) is 0 Å². The largest absolute Gasteiger partial charge is 0.452 e. The van der Waals surface area contributed by atoms with Gasteiger partial charge in [-0.2, -0.15) is 0 Å². The Morgan fingerprint density at radius 3 is 2.44 bits per heavy atom. The number of hydrogen-bond donors (Lipinski definition) is 0. The van der Waals surface area contributed by atoms with Crippen LogP contribution in [-0.4, -0.2) is 36.0 Å². The number of benzene rings is 1. The van der Waals surface area contributed by atoms with Gasteiger partial charge in [0.05, 0.1) is 5.56 Å². The lowest BCUT2D eigenvalue weighted by molar-refractivity contribution is -0.135. The lowest BCUT2D eigenvalue weighted by Crippen LogP contribution is -2.39. The zero-order chi connectivity index (χ0) is 18.4. The highest BCUT2D eigenvalue weighted by atomic mass is 35.5. The van der Waals surface area contributed by atoms with Crippen molar-refractivity contribution in [3.8, 4) is 0 Å². The summed E-state index contributed by atoms with van der Waals surface area (Å²) in [5, 5.41) is 0.712. The SMILES string of the molecule is CC1(C)C[C@@H]2C[C@@](C)(CN2C(=O)COC(=O)c2cc(Cl)cc(Cl)c2)C1. The summed E-state index contributed by atoms with van der Waals surface area (Å²) in [5.74, 6) is -0.723. The van der Waals surface area contributed by atoms with Crippen LogP contribution in [0.25, 0.3) is 0 Å². The van der Waals surface area contributed by atoms with E-state index >= 15 is 0 Å². The molecule has 0 aromatic heterocycles. The van der Waals surface area contributed by atoms with E-state index in [1.54, 1.807) is 0 Å². The van der Waals surface area contributed by atoms with Crippen molar-refractivity contribution in [3.05, 3.63) is 33.8 Å². The molecule has 1 amide bonds. The predicted molar refractivity (Wildman–Crippen MR) is 98.0 cm³/mol. The molecule has 2 fully saturated rings. The second-order valence-electron chi connectivity index (χ2n) is 8.47. The fraction of sp³-hybridized carbons (Fsp3) is 0.579. The predicted octanol–water partition coefficient (Wildman–Crippen LogP) is 4.58. The van der Waals surface area contributed by atoms with Crippen LogP contribution in [0.4, 0.5) is 0 Å². The third-order valence-electron chi connectivity index (χ3n) is 5.16. The molecule has 1 aromatic rings. The van der Waals surface area contributed by atoms with Gasteiger partial charge in [-0.25, -0.2) is 4.79 Å². The van der Waals surface area contributed by atoms with E-state index in [0.717, 1.165) is 25.8 Å². The van der Waals surface area contributed by atoms with Gasteiger partial charge in [-0.15, -0.1) is 0 Å². The number of likely N-dealkylation sites (tertiary alicyclic amines) is 1. The number of esters is 1. The Morgan fingerprint density at radius 2 is 1.80 bits per heavy atom. The molecular weight excluding hydrogens is 361 g/mol. The van der Waals surface area contributed by atoms with E-state index in [0.29, 0.717) is 10.0 Å². The average Bonchev–Trinajstić information content (AvgIpc) is 2.72. The summed E-state index contributed by atoms with van der Waals surface area (Å²) in [5.41, 5.74) is 0.645. The number of carbonyl (C=O) groups excluding carboxylic acids is 2. The van der Waals surface area contributed by atoms with E-state index in [-0.39, 0.29) is 34.9 Å². The van der Waals surface area contributed by atoms with Gasteiger partial charge in [-0.05, 0) is 48.3 Å². The molecule has 1 aliphatic heterocycles. The second-order valence-corrected chi connectivity index (χ2v) is 9.34. The summed E-state index contributed by atoms with van der Waals surface area (Å²) >= 11 is 11.8. The fourth-order valence-electron chi connectivity index (χ4n) is 4.72. The van der Waals surface area contributed by atoms with Crippen LogP contribution in [0.1, 0.15) is 50.4 Å². The number of nitrogens with zero attached hydrogens (tertiary/aromatic N) is 1. The Morgan fingerprint density at radius 1 is 1.16 bits per heavy atom. The highest BCUT2D eigenvalue weighted by Gasteiger charge is 2.50. The maximum absolute atomic E-state index is 12.6. The molecule has 1 saturated heterocycles. The number of amides is 1. The van der Waals surface area contributed by atoms with E-state index < -0.39 is 5.97 Å². The van der Waals surface area contributed by atoms with Crippen LogP contribution >= 0.6 is 23.2 Å². The summed E-state index contributed by atoms with van der Waals surface area (Å²) in [6.45, 7) is 7.24. The van der Waals surface area contributed by atoms with Crippen molar-refractivity contribution in [2.45, 2.75) is 46.1 Å². The van der Waals surface area contributed by atoms with Gasteiger partial charge < -0.3 is 9.64 Å². The molecule has 0 N–H and O–H groups in total. The quantitative estimate of drug-likeness (QED) is 0.717. The molecular formula is C19H23Cl2NO3. The van der Waals surface area contributed by atoms with Gasteiger partial charge >= 0.3 is 5.97 Å². The van der Waals surface area contributed by atoms with E-state index in [9.17, 15) is 9.59 Å². The summed E-state index contributed by atoms with van der Waals surface area (Å²) < 4.78 is 5.20. The molecule has 3 rings (SSSR count). The van der Waals surface area contributed by atoms with Crippen molar-refractivity contribution >= 4 is 35.1 Å². The summed E-state index contributed by atoms with van der Waals surface area (Å²) in [6, 6.07) is 4.73. The fourth-order valence-corrected chi connectivity index (χ4v) is 5.24. The molecule has 1 aliphatic carbocycles. The Bertz CT molecular complexity index is 698. The van der Waals surface area contributed by atoms with Crippen LogP contribution in [-0.2, 0) is 9.53 Å². The first-order valence-corrected chi connectivity index (χ1v) is 9.25. The standard InChI is InChI=1S/C19H23Cl2NO3/c1-18(2)7-15-8-19(3,10-18)11-22(15)16(23)9-25-17(24)12-4-13(20)6-14(21)5-12/h4-6,15H,7-11H2,1-3H3/t15-,19-/m1/s1. The van der Waals surface area contributed by atoms with Gasteiger partial charge in [0.2, 0.25) is 0 Å². The Kier molecular flexibility index (Phi) is 4.80. The monoisotopic (exact) mass is 383 g/mol. The van der Waals surface area contributed by atoms with Crippen LogP contribution < -0.4 is 0 Å². The first-order valence-electron chi connectivity index (χ1n) is 8.50. The lowest BCUT2D eigenvalue weighted by atomic mass is 9.65. The Balaban J connectivity index is 1.62. The Hall–Kier alpha value is -1.26. The first-order chi connectivity index (χ1) is 11.6. The van der Waals surface area contributed by atoms with E-state index in [4.69, 9.17) is 27.9 Å². The minimum atomic E-state index is -0.591. The van der Waals surface area contributed by atoms with Gasteiger partial charge in [-0.3, -0.25) is 4.79 Å². The highest BCUT2D eigenvalue weighted by molar-refractivity contribution is 6.35. The molecule has 1 saturated carbocycles. The number of rotatable bonds is 3. The number of hydrogen-bond acceptors (Lipinski definition) is 3. The van der Waals surface area contributed by atoms with Gasteiger partial charge in [0, 0.05) is 22.6 Å². The third-order valence-corrected chi connectivity index (χ3v) is 5.60. The minimum Gasteiger partial charge on any atom is -0.452 e. The minimum absolute atomic E-state index is 0.132. The molecule has 2 aliphatic rings. The maximum Gasteiger partial charge on any atom is 0.338 e. The first kappa shape index (κ1) is 18.5. The van der Waals surface area contributed by atoms with E-state index in [2.05, 4.69) is 20.8 Å². The van der Waals surface area contributed by atoms with Gasteiger partial charge in [0.1, 0.15) is 0 Å². The van der Waals surface area contributed by atoms with Crippen molar-refractivity contribution < 1.29 is 14.3 Å². The molecule has 4 nitrogen and oxygen atoms in total. The highest BCUT2D eigenvalue weighted by Crippen LogP contribution is 2.52. The molecule has 0 radical (unpaired) electrons. The molecule has 136 valence electrons. The van der Waals surface area contributed by atoms with Gasteiger partial charge in [0.15, 0.2) is 6.61 Å². The third kappa shape index (κ3) is 4.12. The maximum atomic E-state index is 12.6. The van der Waals surface area contributed by atoms with Crippen molar-refractivity contribution in [2.24, 2.45) is 10.8 Å². The zero-order valence-corrected chi connectivity index (χ0v) is 16.3. The molecule has 1 aromatic carbocycles. The molecule has 2 bridgehead atoms. The number of ether oxygens (including phenoxy) is 1. The van der Waals surface area contributed by atoms with Gasteiger partial charge in [0.25, 0.3) is 5.91 Å². The number of fused-ring (bicyclic) bond motifs is 2. The summed E-state index contributed by atoms with van der Waals surface area (Å²) in [4.78, 5) is 26.7. The molecule has 2 atom stereocenters. The number of halogens is 2. The second kappa shape index (κ2) is 6.48. The van der Waals surface area contributed by atoms with Gasteiger partial charge in [-0.1, -0.05) is 44.0 Å². The van der Waals surface area contributed by atoms with Crippen molar-refractivity contribution in [1.82, 2.24) is 4.90 Å². The molecule has 25 heavy (non-hydrogen) atoms.